The summed E-state index contributed by atoms with van der Waals surface area (Å²) in [6.07, 6.45) is 2.46. The second-order valence-electron chi connectivity index (χ2n) is 8.46. The van der Waals surface area contributed by atoms with Crippen molar-refractivity contribution in [1.29, 1.82) is 5.26 Å². The van der Waals surface area contributed by atoms with Crippen LogP contribution < -0.4 is 5.69 Å². The molecule has 9 nitrogen and oxygen atoms in total. The van der Waals surface area contributed by atoms with Crippen molar-refractivity contribution >= 4 is 22.1 Å². The van der Waals surface area contributed by atoms with Gasteiger partial charge in [0, 0.05) is 11.8 Å². The maximum atomic E-state index is 15.2. The number of aromatic nitrogens is 7. The van der Waals surface area contributed by atoms with E-state index in [-0.39, 0.29) is 11.2 Å². The maximum absolute atomic E-state index is 15.2. The van der Waals surface area contributed by atoms with E-state index in [2.05, 4.69) is 31.4 Å². The van der Waals surface area contributed by atoms with E-state index in [0.717, 1.165) is 23.2 Å². The summed E-state index contributed by atoms with van der Waals surface area (Å²) >= 11 is 0. The molecule has 0 fully saturated rings. The Morgan fingerprint density at radius 1 is 1.03 bits per heavy atom. The standard InChI is InChI=1S/C26H19FN8O/c1-2-16-9-15(13-28)3-4-17(16)14-34-23(7-8-29-34)18-10-20(27)25-24(11-18)35(33-32-25)19-5-6-21-22(12-19)31-26(36)30-21/h3-12H,2,14H2,1H3,(H2,30,31,36). The minimum Gasteiger partial charge on any atom is -0.306 e. The van der Waals surface area contributed by atoms with Gasteiger partial charge >= 0.3 is 5.69 Å². The number of hydrogen-bond donors (Lipinski definition) is 2. The van der Waals surface area contributed by atoms with E-state index >= 15 is 4.39 Å². The quantitative estimate of drug-likeness (QED) is 0.387. The molecule has 0 aliphatic heterocycles. The van der Waals surface area contributed by atoms with E-state index in [9.17, 15) is 10.1 Å². The predicted molar refractivity (Wildman–Crippen MR) is 132 cm³/mol. The molecule has 0 saturated carbocycles. The van der Waals surface area contributed by atoms with Crippen LogP contribution in [0.2, 0.25) is 0 Å². The Hall–Kier alpha value is -5.04. The van der Waals surface area contributed by atoms with E-state index < -0.39 is 5.82 Å². The van der Waals surface area contributed by atoms with Gasteiger partial charge in [0.2, 0.25) is 0 Å². The summed E-state index contributed by atoms with van der Waals surface area (Å²) in [5, 5.41) is 21.9. The summed E-state index contributed by atoms with van der Waals surface area (Å²) in [5.74, 6) is -0.495. The highest BCUT2D eigenvalue weighted by Gasteiger charge is 2.17. The van der Waals surface area contributed by atoms with Crippen LogP contribution in [-0.2, 0) is 13.0 Å². The maximum Gasteiger partial charge on any atom is 0.323 e. The topological polar surface area (TPSA) is 121 Å². The van der Waals surface area contributed by atoms with Crippen molar-refractivity contribution in [1.82, 2.24) is 34.7 Å². The van der Waals surface area contributed by atoms with Gasteiger partial charge in [0.05, 0.1) is 46.1 Å². The molecular weight excluding hydrogens is 459 g/mol. The van der Waals surface area contributed by atoms with E-state index in [4.69, 9.17) is 0 Å². The molecule has 0 amide bonds. The first-order chi connectivity index (χ1) is 17.5. The second-order valence-corrected chi connectivity index (χ2v) is 8.46. The van der Waals surface area contributed by atoms with Gasteiger partial charge in [0.25, 0.3) is 0 Å². The zero-order valence-electron chi connectivity index (χ0n) is 19.2. The summed E-state index contributed by atoms with van der Waals surface area (Å²) < 4.78 is 18.5. The Morgan fingerprint density at radius 3 is 2.72 bits per heavy atom. The number of nitriles is 1. The largest absolute Gasteiger partial charge is 0.323 e. The van der Waals surface area contributed by atoms with Gasteiger partial charge in [-0.3, -0.25) is 4.68 Å². The zero-order chi connectivity index (χ0) is 24.8. The number of halogens is 1. The lowest BCUT2D eigenvalue weighted by Gasteiger charge is -2.12. The summed E-state index contributed by atoms with van der Waals surface area (Å²) in [4.78, 5) is 17.1. The molecule has 0 saturated heterocycles. The SMILES string of the molecule is CCc1cc(C#N)ccc1Cn1nccc1-c1cc(F)c2nnn(-c3ccc4[nH]c(=O)[nH]c4c3)c2c1. The van der Waals surface area contributed by atoms with Gasteiger partial charge in [-0.1, -0.05) is 18.2 Å². The van der Waals surface area contributed by atoms with Crippen LogP contribution >= 0.6 is 0 Å². The van der Waals surface area contributed by atoms with Gasteiger partial charge in [-0.25, -0.2) is 13.9 Å². The molecule has 0 spiro atoms. The fourth-order valence-corrected chi connectivity index (χ4v) is 4.52. The lowest BCUT2D eigenvalue weighted by atomic mass is 10.0. The Balaban J connectivity index is 1.44. The highest BCUT2D eigenvalue weighted by molar-refractivity contribution is 5.84. The monoisotopic (exact) mass is 478 g/mol. The number of benzene rings is 3. The lowest BCUT2D eigenvalue weighted by Crippen LogP contribution is -2.06. The van der Waals surface area contributed by atoms with Gasteiger partial charge in [0.15, 0.2) is 5.82 Å². The first kappa shape index (κ1) is 21.5. The van der Waals surface area contributed by atoms with Crippen molar-refractivity contribution in [3.05, 3.63) is 93.8 Å². The van der Waals surface area contributed by atoms with Crippen molar-refractivity contribution < 1.29 is 4.39 Å². The Bertz CT molecular complexity index is 1870. The van der Waals surface area contributed by atoms with Gasteiger partial charge in [-0.2, -0.15) is 10.4 Å². The van der Waals surface area contributed by atoms with Gasteiger partial charge in [0.1, 0.15) is 5.52 Å². The lowest BCUT2D eigenvalue weighted by molar-refractivity contribution is 0.635. The summed E-state index contributed by atoms with van der Waals surface area (Å²) in [5.41, 5.74) is 6.34. The molecule has 6 rings (SSSR count). The Kier molecular flexibility index (Phi) is 4.97. The number of nitrogens with zero attached hydrogens (tertiary/aromatic N) is 6. The minimum atomic E-state index is -0.495. The summed E-state index contributed by atoms with van der Waals surface area (Å²) in [6, 6.07) is 18.2. The highest BCUT2D eigenvalue weighted by Crippen LogP contribution is 2.28. The number of aryl methyl sites for hydroxylation is 1. The van der Waals surface area contributed by atoms with Crippen LogP contribution in [0.15, 0.2) is 65.6 Å². The molecule has 0 aliphatic rings. The summed E-state index contributed by atoms with van der Waals surface area (Å²) in [6.45, 7) is 2.52. The number of nitrogens with one attached hydrogen (secondary N) is 2. The van der Waals surface area contributed by atoms with Crippen molar-refractivity contribution in [2.75, 3.05) is 0 Å². The highest BCUT2D eigenvalue weighted by atomic mass is 19.1. The Morgan fingerprint density at radius 2 is 1.89 bits per heavy atom. The zero-order valence-corrected chi connectivity index (χ0v) is 19.2. The molecule has 6 aromatic rings. The third-order valence-electron chi connectivity index (χ3n) is 6.30. The average Bonchev–Trinajstić information content (AvgIpc) is 3.61. The van der Waals surface area contributed by atoms with E-state index in [1.807, 2.05) is 35.9 Å². The molecule has 3 aromatic carbocycles. The van der Waals surface area contributed by atoms with Crippen molar-refractivity contribution in [3.63, 3.8) is 0 Å². The van der Waals surface area contributed by atoms with Crippen LogP contribution in [0.4, 0.5) is 4.39 Å². The van der Waals surface area contributed by atoms with Crippen LogP contribution in [0.25, 0.3) is 39.0 Å². The minimum absolute atomic E-state index is 0.146. The number of fused-ring (bicyclic) bond motifs is 2. The van der Waals surface area contributed by atoms with Crippen LogP contribution in [0, 0.1) is 17.1 Å². The smallest absolute Gasteiger partial charge is 0.306 e. The molecule has 10 heteroatoms. The van der Waals surface area contributed by atoms with Gasteiger partial charge < -0.3 is 9.97 Å². The van der Waals surface area contributed by atoms with Crippen LogP contribution in [-0.4, -0.2) is 34.7 Å². The van der Waals surface area contributed by atoms with Crippen molar-refractivity contribution in [3.8, 4) is 23.0 Å². The van der Waals surface area contributed by atoms with Crippen molar-refractivity contribution in [2.24, 2.45) is 0 Å². The number of H-pyrrole nitrogens is 2. The first-order valence-electron chi connectivity index (χ1n) is 11.4. The van der Waals surface area contributed by atoms with E-state index in [1.165, 1.54) is 6.07 Å². The van der Waals surface area contributed by atoms with Gasteiger partial charge in [-0.15, -0.1) is 5.10 Å². The molecule has 3 aromatic heterocycles. The normalized spacial score (nSPS) is 11.4. The third kappa shape index (κ3) is 3.54. The fourth-order valence-electron chi connectivity index (χ4n) is 4.52. The average molecular weight is 478 g/mol. The molecule has 36 heavy (non-hydrogen) atoms. The van der Waals surface area contributed by atoms with Crippen LogP contribution in [0.5, 0.6) is 0 Å². The van der Waals surface area contributed by atoms with E-state index in [0.29, 0.717) is 39.9 Å². The second kappa shape index (κ2) is 8.32. The van der Waals surface area contributed by atoms with Crippen LogP contribution in [0.1, 0.15) is 23.6 Å². The molecular formula is C26H19FN8O. The number of imidazole rings is 1. The molecule has 2 N–H and O–H groups in total. The molecule has 0 bridgehead atoms. The molecule has 3 heterocycles. The predicted octanol–water partition coefficient (Wildman–Crippen LogP) is 4.08. The van der Waals surface area contributed by atoms with Crippen molar-refractivity contribution in [2.45, 2.75) is 19.9 Å². The van der Waals surface area contributed by atoms with Crippen LogP contribution in [0.3, 0.4) is 0 Å². The molecule has 0 unspecified atom stereocenters. The number of aromatic amines is 2. The van der Waals surface area contributed by atoms with E-state index in [1.54, 1.807) is 35.1 Å². The third-order valence-corrected chi connectivity index (χ3v) is 6.30. The summed E-state index contributed by atoms with van der Waals surface area (Å²) in [7, 11) is 0. The molecule has 0 radical (unpaired) electrons. The first-order valence-corrected chi connectivity index (χ1v) is 11.4. The fraction of sp³-hybridized carbons (Fsp3) is 0.115. The number of hydrogen-bond acceptors (Lipinski definition) is 5. The molecule has 176 valence electrons. The number of rotatable bonds is 5. The molecule has 0 aliphatic carbocycles. The Labute approximate surface area is 203 Å². The molecule has 0 atom stereocenters. The van der Waals surface area contributed by atoms with Gasteiger partial charge in [-0.05, 0) is 66.1 Å².